The molecule has 2 N–H and O–H groups in total. The highest BCUT2D eigenvalue weighted by atomic mass is 16.5. The van der Waals surface area contributed by atoms with Crippen LogP contribution in [0.4, 0.5) is 5.69 Å². The van der Waals surface area contributed by atoms with Crippen molar-refractivity contribution in [2.24, 2.45) is 5.10 Å². The third-order valence-electron chi connectivity index (χ3n) is 3.67. The number of hydrogen-bond acceptors (Lipinski definition) is 6. The third-order valence-corrected chi connectivity index (χ3v) is 3.67. The monoisotopic (exact) mass is 357 g/mol. The van der Waals surface area contributed by atoms with Crippen LogP contribution in [0.1, 0.15) is 12.5 Å². The van der Waals surface area contributed by atoms with E-state index in [0.29, 0.717) is 17.2 Å². The van der Waals surface area contributed by atoms with Crippen LogP contribution < -0.4 is 25.0 Å². The molecule has 0 heterocycles. The summed E-state index contributed by atoms with van der Waals surface area (Å²) in [5.41, 5.74) is 4.80. The summed E-state index contributed by atoms with van der Waals surface area (Å²) in [7, 11) is 4.74. The predicted octanol–water partition coefficient (Wildman–Crippen LogP) is 2.66. The molecular formula is C19H23N3O4. The van der Waals surface area contributed by atoms with Gasteiger partial charge in [0.25, 0.3) is 5.91 Å². The average Bonchev–Trinajstić information content (AvgIpc) is 2.69. The Bertz CT molecular complexity index is 790. The van der Waals surface area contributed by atoms with E-state index < -0.39 is 0 Å². The molecule has 0 aliphatic heterocycles. The van der Waals surface area contributed by atoms with Gasteiger partial charge in [-0.05, 0) is 37.3 Å². The highest BCUT2D eigenvalue weighted by Crippen LogP contribution is 2.27. The zero-order chi connectivity index (χ0) is 18.9. The molecule has 26 heavy (non-hydrogen) atoms. The fraction of sp³-hybridized carbons (Fsp3) is 0.263. The molecule has 0 radical (unpaired) electrons. The second-order valence-electron chi connectivity index (χ2n) is 5.39. The number of carbonyl (C=O) groups excluding carboxylic acids is 1. The van der Waals surface area contributed by atoms with Gasteiger partial charge in [0.2, 0.25) is 0 Å². The fourth-order valence-corrected chi connectivity index (χ4v) is 2.23. The van der Waals surface area contributed by atoms with Crippen LogP contribution >= 0.6 is 0 Å². The molecule has 7 nitrogen and oxygen atoms in total. The predicted molar refractivity (Wildman–Crippen MR) is 101 cm³/mol. The Hall–Kier alpha value is -3.22. The molecule has 0 saturated heterocycles. The molecule has 0 aromatic heterocycles. The zero-order valence-corrected chi connectivity index (χ0v) is 15.3. The molecule has 0 atom stereocenters. The third kappa shape index (κ3) is 5.14. The van der Waals surface area contributed by atoms with Crippen LogP contribution in [0.25, 0.3) is 0 Å². The van der Waals surface area contributed by atoms with E-state index in [0.717, 1.165) is 17.0 Å². The molecule has 2 aromatic rings. The first-order chi connectivity index (χ1) is 12.6. The topological polar surface area (TPSA) is 81.2 Å². The van der Waals surface area contributed by atoms with E-state index in [1.165, 1.54) is 0 Å². The normalized spacial score (nSPS) is 10.8. The summed E-state index contributed by atoms with van der Waals surface area (Å²) in [5, 5.41) is 7.15. The van der Waals surface area contributed by atoms with Gasteiger partial charge in [0.1, 0.15) is 5.75 Å². The van der Waals surface area contributed by atoms with Crippen molar-refractivity contribution in [2.45, 2.75) is 6.92 Å². The van der Waals surface area contributed by atoms with Crippen LogP contribution in [0.2, 0.25) is 0 Å². The minimum Gasteiger partial charge on any atom is -0.497 e. The minimum atomic E-state index is -0.257. The molecule has 138 valence electrons. The van der Waals surface area contributed by atoms with Crippen molar-refractivity contribution in [1.29, 1.82) is 0 Å². The molecular weight excluding hydrogens is 334 g/mol. The van der Waals surface area contributed by atoms with Crippen molar-refractivity contribution in [3.05, 3.63) is 48.0 Å². The van der Waals surface area contributed by atoms with Gasteiger partial charge in [0.05, 0.1) is 33.6 Å². The Labute approximate surface area is 153 Å². The molecule has 1 amide bonds. The number of benzene rings is 2. The van der Waals surface area contributed by atoms with Crippen LogP contribution in [0.5, 0.6) is 17.2 Å². The maximum absolute atomic E-state index is 12.0. The minimum absolute atomic E-state index is 0.0931. The molecule has 7 heteroatoms. The lowest BCUT2D eigenvalue weighted by atomic mass is 10.1. The van der Waals surface area contributed by atoms with Gasteiger partial charge in [-0.25, -0.2) is 5.43 Å². The van der Waals surface area contributed by atoms with E-state index in [9.17, 15) is 4.79 Å². The molecule has 0 unspecified atom stereocenters. The summed E-state index contributed by atoms with van der Waals surface area (Å²) in [4.78, 5) is 12.0. The molecule has 0 fully saturated rings. The molecule has 0 saturated carbocycles. The highest BCUT2D eigenvalue weighted by molar-refractivity contribution is 5.99. The Morgan fingerprint density at radius 3 is 2.46 bits per heavy atom. The first kappa shape index (κ1) is 19.1. The number of hydrogen-bond donors (Lipinski definition) is 2. The number of hydrazone groups is 1. The lowest BCUT2D eigenvalue weighted by molar-refractivity contribution is -0.119. The zero-order valence-electron chi connectivity index (χ0n) is 15.3. The van der Waals surface area contributed by atoms with Gasteiger partial charge in [-0.15, -0.1) is 0 Å². The van der Waals surface area contributed by atoms with Crippen molar-refractivity contribution < 1.29 is 19.0 Å². The van der Waals surface area contributed by atoms with Gasteiger partial charge in [-0.3, -0.25) is 4.79 Å². The second kappa shape index (κ2) is 9.31. The maximum Gasteiger partial charge on any atom is 0.259 e. The van der Waals surface area contributed by atoms with Crippen molar-refractivity contribution in [3.8, 4) is 17.2 Å². The smallest absolute Gasteiger partial charge is 0.259 e. The SMILES string of the molecule is COc1cccc(NCC(=O)N/N=C(/C)c2ccc(OC)c(OC)c2)c1. The van der Waals surface area contributed by atoms with Crippen molar-refractivity contribution in [3.63, 3.8) is 0 Å². The van der Waals surface area contributed by atoms with Gasteiger partial charge in [-0.2, -0.15) is 5.10 Å². The molecule has 0 aliphatic rings. The first-order valence-corrected chi connectivity index (χ1v) is 8.00. The molecule has 2 rings (SSSR count). The van der Waals surface area contributed by atoms with Gasteiger partial charge < -0.3 is 19.5 Å². The quantitative estimate of drug-likeness (QED) is 0.561. The molecule has 2 aromatic carbocycles. The van der Waals surface area contributed by atoms with E-state index in [1.807, 2.05) is 30.3 Å². The maximum atomic E-state index is 12.0. The summed E-state index contributed by atoms with van der Waals surface area (Å²) in [5.74, 6) is 1.70. The van der Waals surface area contributed by atoms with Crippen LogP contribution in [0.15, 0.2) is 47.6 Å². The highest BCUT2D eigenvalue weighted by Gasteiger charge is 2.07. The molecule has 0 bridgehead atoms. The Morgan fingerprint density at radius 2 is 1.77 bits per heavy atom. The lowest BCUT2D eigenvalue weighted by Gasteiger charge is -2.10. The number of anilines is 1. The number of ether oxygens (including phenoxy) is 3. The number of methoxy groups -OCH3 is 3. The fourth-order valence-electron chi connectivity index (χ4n) is 2.23. The molecule has 0 aliphatic carbocycles. The Morgan fingerprint density at radius 1 is 1.00 bits per heavy atom. The van der Waals surface area contributed by atoms with Gasteiger partial charge in [-0.1, -0.05) is 6.07 Å². The number of nitrogens with one attached hydrogen (secondary N) is 2. The largest absolute Gasteiger partial charge is 0.497 e. The van der Waals surface area contributed by atoms with Crippen LogP contribution in [0, 0.1) is 0 Å². The van der Waals surface area contributed by atoms with Crippen LogP contribution in [-0.2, 0) is 4.79 Å². The standard InChI is InChI=1S/C19H23N3O4/c1-13(14-8-9-17(25-3)18(10-14)26-4)21-22-19(23)12-20-15-6-5-7-16(11-15)24-2/h5-11,20H,12H2,1-4H3,(H,22,23)/b21-13-. The number of rotatable bonds is 8. The summed E-state index contributed by atoms with van der Waals surface area (Å²) in [6, 6.07) is 12.8. The Balaban J connectivity index is 1.94. The van der Waals surface area contributed by atoms with E-state index in [4.69, 9.17) is 14.2 Å². The Kier molecular flexibility index (Phi) is 6.84. The number of carbonyl (C=O) groups is 1. The van der Waals surface area contributed by atoms with Crippen molar-refractivity contribution >= 4 is 17.3 Å². The van der Waals surface area contributed by atoms with E-state index in [2.05, 4.69) is 15.8 Å². The van der Waals surface area contributed by atoms with E-state index >= 15 is 0 Å². The summed E-state index contributed by atoms with van der Waals surface area (Å²) in [6.07, 6.45) is 0. The van der Waals surface area contributed by atoms with Crippen LogP contribution in [0.3, 0.4) is 0 Å². The number of amides is 1. The second-order valence-corrected chi connectivity index (χ2v) is 5.39. The van der Waals surface area contributed by atoms with Crippen molar-refractivity contribution in [1.82, 2.24) is 5.43 Å². The van der Waals surface area contributed by atoms with E-state index in [1.54, 1.807) is 40.4 Å². The molecule has 0 spiro atoms. The lowest BCUT2D eigenvalue weighted by Crippen LogP contribution is -2.26. The summed E-state index contributed by atoms with van der Waals surface area (Å²) in [6.45, 7) is 1.90. The van der Waals surface area contributed by atoms with Gasteiger partial charge in [0, 0.05) is 17.3 Å². The van der Waals surface area contributed by atoms with E-state index in [-0.39, 0.29) is 12.5 Å². The summed E-state index contributed by atoms with van der Waals surface area (Å²) < 4.78 is 15.6. The van der Waals surface area contributed by atoms with Crippen LogP contribution in [-0.4, -0.2) is 39.5 Å². The average molecular weight is 357 g/mol. The van der Waals surface area contributed by atoms with Gasteiger partial charge in [0.15, 0.2) is 11.5 Å². The van der Waals surface area contributed by atoms with Crippen molar-refractivity contribution in [2.75, 3.05) is 33.2 Å². The first-order valence-electron chi connectivity index (χ1n) is 8.00. The number of nitrogens with zero attached hydrogens (tertiary/aromatic N) is 1. The van der Waals surface area contributed by atoms with Gasteiger partial charge >= 0.3 is 0 Å². The summed E-state index contributed by atoms with van der Waals surface area (Å²) >= 11 is 0.